The van der Waals surface area contributed by atoms with Crippen molar-refractivity contribution in [1.82, 2.24) is 0 Å². The van der Waals surface area contributed by atoms with Crippen molar-refractivity contribution in [3.05, 3.63) is 29.1 Å². The van der Waals surface area contributed by atoms with Crippen molar-refractivity contribution in [2.75, 3.05) is 11.9 Å². The number of Topliss-reactive ketones (excluding diaryl/α,β-unsaturated/α-hetero) is 1. The fraction of sp³-hybridized carbons (Fsp3) is 0.562. The van der Waals surface area contributed by atoms with Crippen molar-refractivity contribution in [1.29, 1.82) is 0 Å². The van der Waals surface area contributed by atoms with Crippen LogP contribution in [0.25, 0.3) is 0 Å². The molecule has 1 rings (SSSR count). The first-order valence-corrected chi connectivity index (χ1v) is 6.78. The molecule has 0 saturated carbocycles. The van der Waals surface area contributed by atoms with E-state index in [1.807, 2.05) is 7.05 Å². The van der Waals surface area contributed by atoms with Crippen LogP contribution in [0, 0.1) is 18.7 Å². The van der Waals surface area contributed by atoms with E-state index in [9.17, 15) is 9.18 Å². The van der Waals surface area contributed by atoms with E-state index in [0.29, 0.717) is 23.1 Å². The standard InChI is InChI=1S/C16H24FNO/c1-10(2)7-12(4)18(6)16-8-11(3)15(17)9-14(16)13(5)19/h8-10,12H,7H2,1-6H3. The first kappa shape index (κ1) is 15.7. The number of halogens is 1. The van der Waals surface area contributed by atoms with Crippen LogP contribution in [0.1, 0.15) is 50.0 Å². The maximum atomic E-state index is 13.6. The molecule has 3 heteroatoms. The van der Waals surface area contributed by atoms with E-state index in [1.165, 1.54) is 13.0 Å². The molecular formula is C16H24FNO. The summed E-state index contributed by atoms with van der Waals surface area (Å²) in [5.41, 5.74) is 1.85. The van der Waals surface area contributed by atoms with Gasteiger partial charge in [-0.1, -0.05) is 13.8 Å². The first-order valence-electron chi connectivity index (χ1n) is 6.78. The Hall–Kier alpha value is -1.38. The predicted molar refractivity (Wildman–Crippen MR) is 78.5 cm³/mol. The van der Waals surface area contributed by atoms with Gasteiger partial charge in [-0.3, -0.25) is 4.79 Å². The molecule has 2 nitrogen and oxygen atoms in total. The Morgan fingerprint density at radius 1 is 1.32 bits per heavy atom. The Bertz CT molecular complexity index is 468. The van der Waals surface area contributed by atoms with E-state index in [-0.39, 0.29) is 11.6 Å². The number of carbonyl (C=O) groups is 1. The summed E-state index contributed by atoms with van der Waals surface area (Å²) in [5.74, 6) is 0.163. The molecule has 0 fully saturated rings. The molecule has 1 atom stereocenters. The highest BCUT2D eigenvalue weighted by molar-refractivity contribution is 5.99. The van der Waals surface area contributed by atoms with Crippen LogP contribution in [-0.4, -0.2) is 18.9 Å². The summed E-state index contributed by atoms with van der Waals surface area (Å²) in [5, 5.41) is 0. The van der Waals surface area contributed by atoms with E-state index in [0.717, 1.165) is 12.1 Å². The van der Waals surface area contributed by atoms with E-state index < -0.39 is 0 Å². The molecule has 0 bridgehead atoms. The van der Waals surface area contributed by atoms with Crippen molar-refractivity contribution in [3.8, 4) is 0 Å². The molecule has 0 heterocycles. The van der Waals surface area contributed by atoms with Crippen LogP contribution in [0.2, 0.25) is 0 Å². The fourth-order valence-electron chi connectivity index (χ4n) is 2.32. The van der Waals surface area contributed by atoms with Gasteiger partial charge in [-0.15, -0.1) is 0 Å². The number of benzene rings is 1. The second kappa shape index (κ2) is 6.18. The van der Waals surface area contributed by atoms with Crippen LogP contribution in [0.3, 0.4) is 0 Å². The number of rotatable bonds is 5. The molecule has 0 radical (unpaired) electrons. The van der Waals surface area contributed by atoms with Crippen molar-refractivity contribution >= 4 is 11.5 Å². The van der Waals surface area contributed by atoms with Gasteiger partial charge in [0.2, 0.25) is 0 Å². The minimum absolute atomic E-state index is 0.0995. The maximum Gasteiger partial charge on any atom is 0.161 e. The molecule has 0 aromatic heterocycles. The van der Waals surface area contributed by atoms with E-state index in [4.69, 9.17) is 0 Å². The SMILES string of the molecule is CC(=O)c1cc(F)c(C)cc1N(C)C(C)CC(C)C. The zero-order valence-corrected chi connectivity index (χ0v) is 12.7. The molecule has 0 aliphatic heterocycles. The van der Waals surface area contributed by atoms with Gasteiger partial charge in [0.25, 0.3) is 0 Å². The zero-order chi connectivity index (χ0) is 14.7. The van der Waals surface area contributed by atoms with E-state index >= 15 is 0 Å². The van der Waals surface area contributed by atoms with Gasteiger partial charge in [0.05, 0.1) is 0 Å². The number of hydrogen-bond donors (Lipinski definition) is 0. The summed E-state index contributed by atoms with van der Waals surface area (Å²) in [6, 6.07) is 3.43. The maximum absolute atomic E-state index is 13.6. The predicted octanol–water partition coefficient (Wildman–Crippen LogP) is 4.21. The molecule has 1 aromatic carbocycles. The second-order valence-corrected chi connectivity index (χ2v) is 5.76. The molecule has 0 aliphatic carbocycles. The van der Waals surface area contributed by atoms with Crippen molar-refractivity contribution in [2.45, 2.75) is 47.1 Å². The fourth-order valence-corrected chi connectivity index (χ4v) is 2.32. The lowest BCUT2D eigenvalue weighted by Crippen LogP contribution is -2.31. The topological polar surface area (TPSA) is 20.3 Å². The molecule has 1 unspecified atom stereocenters. The van der Waals surface area contributed by atoms with Gasteiger partial charge < -0.3 is 4.90 Å². The third-order valence-electron chi connectivity index (χ3n) is 3.51. The van der Waals surface area contributed by atoms with Gasteiger partial charge in [-0.25, -0.2) is 4.39 Å². The summed E-state index contributed by atoms with van der Waals surface area (Å²) in [6.07, 6.45) is 1.03. The van der Waals surface area contributed by atoms with E-state index in [2.05, 4.69) is 25.7 Å². The molecule has 0 aliphatic rings. The minimum Gasteiger partial charge on any atom is -0.371 e. The molecule has 0 amide bonds. The Balaban J connectivity index is 3.17. The lowest BCUT2D eigenvalue weighted by molar-refractivity contribution is 0.101. The monoisotopic (exact) mass is 265 g/mol. The minimum atomic E-state index is -0.320. The number of anilines is 1. The smallest absolute Gasteiger partial charge is 0.161 e. The normalized spacial score (nSPS) is 12.6. The van der Waals surface area contributed by atoms with Crippen molar-refractivity contribution < 1.29 is 9.18 Å². The molecule has 106 valence electrons. The second-order valence-electron chi connectivity index (χ2n) is 5.76. The van der Waals surface area contributed by atoms with Crippen LogP contribution >= 0.6 is 0 Å². The lowest BCUT2D eigenvalue weighted by Gasteiger charge is -2.30. The lowest BCUT2D eigenvalue weighted by atomic mass is 10.0. The van der Waals surface area contributed by atoms with Crippen LogP contribution in [0.4, 0.5) is 10.1 Å². The quantitative estimate of drug-likeness (QED) is 0.743. The highest BCUT2D eigenvalue weighted by Gasteiger charge is 2.18. The summed E-state index contributed by atoms with van der Waals surface area (Å²) < 4.78 is 13.6. The average Bonchev–Trinajstić information content (AvgIpc) is 2.29. The molecule has 1 aromatic rings. The van der Waals surface area contributed by atoms with Gasteiger partial charge in [-0.2, -0.15) is 0 Å². The number of carbonyl (C=O) groups excluding carboxylic acids is 1. The van der Waals surface area contributed by atoms with Crippen LogP contribution < -0.4 is 4.90 Å². The zero-order valence-electron chi connectivity index (χ0n) is 12.7. The first-order chi connectivity index (χ1) is 8.73. The Labute approximate surface area is 115 Å². The van der Waals surface area contributed by atoms with Gasteiger partial charge in [0.1, 0.15) is 5.82 Å². The van der Waals surface area contributed by atoms with Crippen molar-refractivity contribution in [2.24, 2.45) is 5.92 Å². The molecule has 0 N–H and O–H groups in total. The number of hydrogen-bond acceptors (Lipinski definition) is 2. The van der Waals surface area contributed by atoms with E-state index in [1.54, 1.807) is 13.0 Å². The van der Waals surface area contributed by atoms with Gasteiger partial charge in [-0.05, 0) is 50.8 Å². The summed E-state index contributed by atoms with van der Waals surface area (Å²) in [7, 11) is 1.96. The summed E-state index contributed by atoms with van der Waals surface area (Å²) in [6.45, 7) is 9.68. The van der Waals surface area contributed by atoms with Gasteiger partial charge in [0.15, 0.2) is 5.78 Å². The molecule has 0 spiro atoms. The third-order valence-corrected chi connectivity index (χ3v) is 3.51. The van der Waals surface area contributed by atoms with Crippen LogP contribution in [0.15, 0.2) is 12.1 Å². The molecule has 19 heavy (non-hydrogen) atoms. The molecule has 0 saturated heterocycles. The van der Waals surface area contributed by atoms with Crippen LogP contribution in [-0.2, 0) is 0 Å². The number of nitrogens with zero attached hydrogens (tertiary/aromatic N) is 1. The number of aryl methyl sites for hydroxylation is 1. The average molecular weight is 265 g/mol. The highest BCUT2D eigenvalue weighted by Crippen LogP contribution is 2.27. The van der Waals surface area contributed by atoms with Crippen LogP contribution in [0.5, 0.6) is 0 Å². The molecular weight excluding hydrogens is 241 g/mol. The largest absolute Gasteiger partial charge is 0.371 e. The van der Waals surface area contributed by atoms with Gasteiger partial charge >= 0.3 is 0 Å². The summed E-state index contributed by atoms with van der Waals surface area (Å²) >= 11 is 0. The summed E-state index contributed by atoms with van der Waals surface area (Å²) in [4.78, 5) is 13.8. The Kier molecular flexibility index (Phi) is 5.10. The Morgan fingerprint density at radius 2 is 1.89 bits per heavy atom. The third kappa shape index (κ3) is 3.79. The number of ketones is 1. The highest BCUT2D eigenvalue weighted by atomic mass is 19.1. The Morgan fingerprint density at radius 3 is 2.37 bits per heavy atom. The van der Waals surface area contributed by atoms with Crippen molar-refractivity contribution in [3.63, 3.8) is 0 Å². The van der Waals surface area contributed by atoms with Gasteiger partial charge in [0, 0.05) is 24.3 Å².